The highest BCUT2D eigenvalue weighted by Crippen LogP contribution is 2.29. The second-order valence-electron chi connectivity index (χ2n) is 7.16. The van der Waals surface area contributed by atoms with Crippen molar-refractivity contribution in [2.24, 2.45) is 0 Å². The lowest BCUT2D eigenvalue weighted by atomic mass is 10.1. The first kappa shape index (κ1) is 21.4. The lowest BCUT2D eigenvalue weighted by molar-refractivity contribution is -0.149. The fraction of sp³-hybridized carbons (Fsp3) is 0.217. The molecule has 1 heterocycles. The van der Waals surface area contributed by atoms with E-state index in [0.717, 1.165) is 35.8 Å². The average Bonchev–Trinajstić information content (AvgIpc) is 3.27. The first-order valence-electron chi connectivity index (χ1n) is 9.81. The van der Waals surface area contributed by atoms with Crippen molar-refractivity contribution in [2.45, 2.75) is 19.3 Å². The van der Waals surface area contributed by atoms with Gasteiger partial charge in [-0.15, -0.1) is 0 Å². The van der Waals surface area contributed by atoms with Crippen molar-refractivity contribution in [1.29, 1.82) is 5.26 Å². The first-order valence-corrected chi connectivity index (χ1v) is 10.2. The predicted octanol–water partition coefficient (Wildman–Crippen LogP) is 3.37. The molecule has 162 valence electrons. The number of esters is 1. The van der Waals surface area contributed by atoms with Gasteiger partial charge in [0.2, 0.25) is 0 Å². The van der Waals surface area contributed by atoms with Crippen LogP contribution in [0.4, 0.5) is 5.69 Å². The highest BCUT2D eigenvalue weighted by atomic mass is 35.5. The summed E-state index contributed by atoms with van der Waals surface area (Å²) in [5.41, 5.74) is 2.25. The number of hydrogen-bond donors (Lipinski definition) is 1. The standard InChI is InChI=1S/C23H17ClN2O6/c24-14-5-4-13(10-25)19(8-14)26-21(27)11-31-22(28)12-30-15-6-7-17-16-2-1-3-18(16)23(29)32-20(17)9-15/h4-9H,1-3,11-12H2,(H,26,27). The largest absolute Gasteiger partial charge is 0.482 e. The molecule has 1 amide bonds. The lowest BCUT2D eigenvalue weighted by Crippen LogP contribution is -2.24. The number of nitrogens with one attached hydrogen (secondary N) is 1. The average molecular weight is 453 g/mol. The Morgan fingerprint density at radius 2 is 1.94 bits per heavy atom. The van der Waals surface area contributed by atoms with Gasteiger partial charge in [-0.25, -0.2) is 9.59 Å². The summed E-state index contributed by atoms with van der Waals surface area (Å²) in [6.45, 7) is -0.993. The van der Waals surface area contributed by atoms with E-state index in [0.29, 0.717) is 16.4 Å². The number of fused-ring (bicyclic) bond motifs is 3. The number of ether oxygens (including phenoxy) is 2. The second-order valence-corrected chi connectivity index (χ2v) is 7.59. The van der Waals surface area contributed by atoms with E-state index in [-0.39, 0.29) is 16.9 Å². The number of amides is 1. The van der Waals surface area contributed by atoms with Gasteiger partial charge in [-0.1, -0.05) is 11.6 Å². The number of rotatable bonds is 6. The number of anilines is 1. The SMILES string of the molecule is N#Cc1ccc(Cl)cc1NC(=O)COC(=O)COc1ccc2c3c(c(=O)oc2c1)CCC3. The van der Waals surface area contributed by atoms with E-state index in [1.54, 1.807) is 18.2 Å². The number of halogens is 1. The van der Waals surface area contributed by atoms with Gasteiger partial charge in [0.25, 0.3) is 5.91 Å². The molecule has 0 saturated heterocycles. The van der Waals surface area contributed by atoms with Gasteiger partial charge in [-0.3, -0.25) is 4.79 Å². The summed E-state index contributed by atoms with van der Waals surface area (Å²) in [4.78, 5) is 36.1. The molecule has 1 N–H and O–H groups in total. The van der Waals surface area contributed by atoms with Crippen LogP contribution in [0, 0.1) is 11.3 Å². The van der Waals surface area contributed by atoms with Crippen molar-refractivity contribution in [3.63, 3.8) is 0 Å². The molecule has 4 rings (SSSR count). The van der Waals surface area contributed by atoms with Crippen LogP contribution in [-0.2, 0) is 27.2 Å². The van der Waals surface area contributed by atoms with E-state index >= 15 is 0 Å². The fourth-order valence-corrected chi connectivity index (χ4v) is 3.76. The quantitative estimate of drug-likeness (QED) is 0.450. The van der Waals surface area contributed by atoms with Crippen LogP contribution in [0.5, 0.6) is 5.75 Å². The molecule has 0 unspecified atom stereocenters. The number of hydrogen-bond acceptors (Lipinski definition) is 7. The minimum Gasteiger partial charge on any atom is -0.482 e. The molecule has 1 aliphatic rings. The summed E-state index contributed by atoms with van der Waals surface area (Å²) in [5, 5.41) is 12.8. The zero-order chi connectivity index (χ0) is 22.7. The maximum atomic E-state index is 12.1. The highest BCUT2D eigenvalue weighted by Gasteiger charge is 2.20. The summed E-state index contributed by atoms with van der Waals surface area (Å²) in [6, 6.07) is 11.4. The Labute approximate surface area is 187 Å². The zero-order valence-corrected chi connectivity index (χ0v) is 17.5. The summed E-state index contributed by atoms with van der Waals surface area (Å²) < 4.78 is 15.7. The summed E-state index contributed by atoms with van der Waals surface area (Å²) in [7, 11) is 0. The number of benzene rings is 2. The number of carbonyl (C=O) groups excluding carboxylic acids is 2. The number of carbonyl (C=O) groups is 2. The van der Waals surface area contributed by atoms with E-state index in [2.05, 4.69) is 5.32 Å². The molecule has 0 radical (unpaired) electrons. The maximum Gasteiger partial charge on any atom is 0.344 e. The molecule has 9 heteroatoms. The van der Waals surface area contributed by atoms with Gasteiger partial charge >= 0.3 is 11.6 Å². The predicted molar refractivity (Wildman–Crippen MR) is 116 cm³/mol. The third kappa shape index (κ3) is 4.58. The number of nitrogens with zero attached hydrogens (tertiary/aromatic N) is 1. The number of nitriles is 1. The molecular formula is C23H17ClN2O6. The van der Waals surface area contributed by atoms with Crippen LogP contribution in [0.2, 0.25) is 5.02 Å². The maximum absolute atomic E-state index is 12.1. The van der Waals surface area contributed by atoms with Gasteiger partial charge in [0.1, 0.15) is 17.4 Å². The highest BCUT2D eigenvalue weighted by molar-refractivity contribution is 6.31. The molecule has 0 aliphatic heterocycles. The van der Waals surface area contributed by atoms with Crippen molar-refractivity contribution < 1.29 is 23.5 Å². The molecule has 32 heavy (non-hydrogen) atoms. The van der Waals surface area contributed by atoms with Crippen LogP contribution < -0.4 is 15.7 Å². The molecule has 3 aromatic rings. The monoisotopic (exact) mass is 452 g/mol. The van der Waals surface area contributed by atoms with Crippen molar-refractivity contribution in [3.05, 3.63) is 68.5 Å². The second kappa shape index (κ2) is 9.12. The summed E-state index contributed by atoms with van der Waals surface area (Å²) in [6.07, 6.45) is 2.48. The zero-order valence-electron chi connectivity index (χ0n) is 16.8. The smallest absolute Gasteiger partial charge is 0.344 e. The third-order valence-corrected chi connectivity index (χ3v) is 5.28. The Kier molecular flexibility index (Phi) is 6.10. The van der Waals surface area contributed by atoms with Gasteiger partial charge < -0.3 is 19.2 Å². The Morgan fingerprint density at radius 3 is 2.75 bits per heavy atom. The Hall–Kier alpha value is -3.83. The topological polar surface area (TPSA) is 119 Å². The summed E-state index contributed by atoms with van der Waals surface area (Å²) >= 11 is 5.87. The normalized spacial score (nSPS) is 12.1. The number of aryl methyl sites for hydroxylation is 1. The van der Waals surface area contributed by atoms with E-state index in [9.17, 15) is 14.4 Å². The molecule has 0 fully saturated rings. The van der Waals surface area contributed by atoms with Gasteiger partial charge in [-0.05, 0) is 55.2 Å². The van der Waals surface area contributed by atoms with Crippen LogP contribution in [0.15, 0.2) is 45.6 Å². The van der Waals surface area contributed by atoms with Gasteiger partial charge in [0.15, 0.2) is 13.2 Å². The minimum absolute atomic E-state index is 0.224. The van der Waals surface area contributed by atoms with Gasteiger partial charge in [0.05, 0.1) is 11.3 Å². The van der Waals surface area contributed by atoms with E-state index < -0.39 is 25.1 Å². The first-order chi connectivity index (χ1) is 15.4. The van der Waals surface area contributed by atoms with Crippen LogP contribution in [0.3, 0.4) is 0 Å². The molecule has 1 aliphatic carbocycles. The fourth-order valence-electron chi connectivity index (χ4n) is 3.59. The van der Waals surface area contributed by atoms with Gasteiger partial charge in [0, 0.05) is 22.0 Å². The molecule has 0 bridgehead atoms. The molecule has 0 spiro atoms. The Balaban J connectivity index is 1.32. The minimum atomic E-state index is -0.762. The molecule has 1 aromatic heterocycles. The van der Waals surface area contributed by atoms with Crippen molar-refractivity contribution in [3.8, 4) is 11.8 Å². The molecule has 0 saturated carbocycles. The molecule has 0 atom stereocenters. The molecule has 8 nitrogen and oxygen atoms in total. The van der Waals surface area contributed by atoms with Crippen molar-refractivity contribution >= 4 is 40.1 Å². The Morgan fingerprint density at radius 1 is 1.12 bits per heavy atom. The molecular weight excluding hydrogens is 436 g/mol. The molecule has 2 aromatic carbocycles. The third-order valence-electron chi connectivity index (χ3n) is 5.04. The Bertz CT molecular complexity index is 1320. The van der Waals surface area contributed by atoms with Gasteiger partial charge in [-0.2, -0.15) is 5.26 Å². The lowest BCUT2D eigenvalue weighted by Gasteiger charge is -2.10. The summed E-state index contributed by atoms with van der Waals surface area (Å²) in [5.74, 6) is -1.06. The van der Waals surface area contributed by atoms with E-state index in [1.807, 2.05) is 6.07 Å². The van der Waals surface area contributed by atoms with Crippen LogP contribution in [0.25, 0.3) is 11.0 Å². The van der Waals surface area contributed by atoms with Crippen LogP contribution in [-0.4, -0.2) is 25.1 Å². The van der Waals surface area contributed by atoms with E-state index in [4.69, 9.17) is 30.8 Å². The van der Waals surface area contributed by atoms with Crippen molar-refractivity contribution in [2.75, 3.05) is 18.5 Å². The van der Waals surface area contributed by atoms with E-state index in [1.165, 1.54) is 18.2 Å². The van der Waals surface area contributed by atoms with Crippen molar-refractivity contribution in [1.82, 2.24) is 0 Å². The van der Waals surface area contributed by atoms with Crippen LogP contribution in [0.1, 0.15) is 23.1 Å². The van der Waals surface area contributed by atoms with Crippen LogP contribution >= 0.6 is 11.6 Å².